The number of anilines is 1. The topological polar surface area (TPSA) is 81.4 Å². The number of benzene rings is 1. The molecule has 0 N–H and O–H groups in total. The van der Waals surface area contributed by atoms with Gasteiger partial charge in [-0.1, -0.05) is 10.7 Å². The summed E-state index contributed by atoms with van der Waals surface area (Å²) in [5.41, 5.74) is 4.14. The van der Waals surface area contributed by atoms with Crippen molar-refractivity contribution in [1.29, 1.82) is 0 Å². The van der Waals surface area contributed by atoms with Crippen molar-refractivity contribution >= 4 is 28.9 Å². The van der Waals surface area contributed by atoms with Gasteiger partial charge in [0.05, 0.1) is 29.9 Å². The molecule has 1 aliphatic rings. The van der Waals surface area contributed by atoms with Crippen LogP contribution >= 0.6 is 0 Å². The number of esters is 1. The van der Waals surface area contributed by atoms with Crippen molar-refractivity contribution in [2.45, 2.75) is 19.8 Å². The molecule has 7 heteroatoms. The van der Waals surface area contributed by atoms with E-state index in [0.29, 0.717) is 11.1 Å². The SMILES string of the molecule is COC(=O)c1ccc2ncc(N3CCC(=Cc4cc(C)on4)CC3)nc2c1. The van der Waals surface area contributed by atoms with E-state index in [-0.39, 0.29) is 5.97 Å². The van der Waals surface area contributed by atoms with Crippen LogP contribution in [0.4, 0.5) is 5.82 Å². The lowest BCUT2D eigenvalue weighted by Crippen LogP contribution is -2.31. The van der Waals surface area contributed by atoms with E-state index in [4.69, 9.17) is 14.2 Å². The number of fused-ring (bicyclic) bond motifs is 1. The first-order chi connectivity index (χ1) is 13.1. The predicted molar refractivity (Wildman–Crippen MR) is 102 cm³/mol. The van der Waals surface area contributed by atoms with Crippen molar-refractivity contribution in [2.24, 2.45) is 0 Å². The van der Waals surface area contributed by atoms with E-state index >= 15 is 0 Å². The number of carbonyl (C=O) groups is 1. The summed E-state index contributed by atoms with van der Waals surface area (Å²) < 4.78 is 9.89. The van der Waals surface area contributed by atoms with Gasteiger partial charge in [-0.05, 0) is 44.0 Å². The van der Waals surface area contributed by atoms with Crippen LogP contribution in [0.3, 0.4) is 0 Å². The fourth-order valence-corrected chi connectivity index (χ4v) is 3.23. The third-order valence-corrected chi connectivity index (χ3v) is 4.68. The Morgan fingerprint density at radius 3 is 2.74 bits per heavy atom. The second-order valence-corrected chi connectivity index (χ2v) is 6.58. The summed E-state index contributed by atoms with van der Waals surface area (Å²) in [5.74, 6) is 1.26. The maximum atomic E-state index is 11.7. The lowest BCUT2D eigenvalue weighted by Gasteiger charge is -2.29. The largest absolute Gasteiger partial charge is 0.465 e. The number of ether oxygens (including phenoxy) is 1. The van der Waals surface area contributed by atoms with E-state index in [1.54, 1.807) is 24.4 Å². The van der Waals surface area contributed by atoms with Gasteiger partial charge in [0.25, 0.3) is 0 Å². The van der Waals surface area contributed by atoms with Crippen LogP contribution in [-0.4, -0.2) is 41.3 Å². The Labute approximate surface area is 156 Å². The fourth-order valence-electron chi connectivity index (χ4n) is 3.23. The second-order valence-electron chi connectivity index (χ2n) is 6.58. The lowest BCUT2D eigenvalue weighted by atomic mass is 10.0. The van der Waals surface area contributed by atoms with Gasteiger partial charge in [0.2, 0.25) is 0 Å². The zero-order valence-corrected chi connectivity index (χ0v) is 15.3. The third kappa shape index (κ3) is 3.67. The molecule has 0 amide bonds. The summed E-state index contributed by atoms with van der Waals surface area (Å²) in [5, 5.41) is 4.03. The van der Waals surface area contributed by atoms with Crippen LogP contribution in [0.2, 0.25) is 0 Å². The maximum Gasteiger partial charge on any atom is 0.337 e. The van der Waals surface area contributed by atoms with Gasteiger partial charge in [-0.15, -0.1) is 0 Å². The normalized spacial score (nSPS) is 14.4. The van der Waals surface area contributed by atoms with Crippen molar-refractivity contribution in [3.63, 3.8) is 0 Å². The molecule has 1 aromatic carbocycles. The first kappa shape index (κ1) is 17.2. The van der Waals surface area contributed by atoms with Gasteiger partial charge in [0.1, 0.15) is 17.3 Å². The number of aryl methyl sites for hydroxylation is 1. The van der Waals surface area contributed by atoms with Gasteiger partial charge in [0, 0.05) is 19.2 Å². The Hall–Kier alpha value is -3.22. The fraction of sp³-hybridized carbons (Fsp3) is 0.300. The van der Waals surface area contributed by atoms with Crippen LogP contribution in [0.1, 0.15) is 34.7 Å². The van der Waals surface area contributed by atoms with Gasteiger partial charge in [-0.3, -0.25) is 4.98 Å². The van der Waals surface area contributed by atoms with Gasteiger partial charge >= 0.3 is 5.97 Å². The Kier molecular flexibility index (Phi) is 4.58. The Morgan fingerprint density at radius 2 is 2.04 bits per heavy atom. The first-order valence-corrected chi connectivity index (χ1v) is 8.85. The minimum Gasteiger partial charge on any atom is -0.465 e. The highest BCUT2D eigenvalue weighted by molar-refractivity contribution is 5.93. The van der Waals surface area contributed by atoms with Crippen molar-refractivity contribution < 1.29 is 14.1 Å². The minimum absolute atomic E-state index is 0.375. The third-order valence-electron chi connectivity index (χ3n) is 4.68. The molecule has 0 bridgehead atoms. The molecule has 27 heavy (non-hydrogen) atoms. The maximum absolute atomic E-state index is 11.7. The molecule has 138 valence electrons. The summed E-state index contributed by atoms with van der Waals surface area (Å²) in [6.45, 7) is 3.61. The molecule has 3 heterocycles. The molecule has 1 fully saturated rings. The molecule has 1 aliphatic heterocycles. The average Bonchev–Trinajstić information content (AvgIpc) is 3.11. The van der Waals surface area contributed by atoms with Crippen LogP contribution in [0, 0.1) is 6.92 Å². The zero-order chi connectivity index (χ0) is 18.8. The molecule has 2 aromatic heterocycles. The molecule has 3 aromatic rings. The van der Waals surface area contributed by atoms with E-state index in [9.17, 15) is 4.79 Å². The molecule has 0 saturated carbocycles. The zero-order valence-electron chi connectivity index (χ0n) is 15.3. The number of nitrogens with zero attached hydrogens (tertiary/aromatic N) is 4. The number of hydrogen-bond acceptors (Lipinski definition) is 7. The number of rotatable bonds is 3. The highest BCUT2D eigenvalue weighted by atomic mass is 16.5. The predicted octanol–water partition coefficient (Wildman–Crippen LogP) is 3.40. The number of piperidine rings is 1. The smallest absolute Gasteiger partial charge is 0.337 e. The van der Waals surface area contributed by atoms with E-state index in [1.807, 2.05) is 13.0 Å². The molecular weight excluding hydrogens is 344 g/mol. The summed E-state index contributed by atoms with van der Waals surface area (Å²) >= 11 is 0. The van der Waals surface area contributed by atoms with Gasteiger partial charge in [-0.2, -0.15) is 0 Å². The van der Waals surface area contributed by atoms with Gasteiger partial charge in [-0.25, -0.2) is 9.78 Å². The number of methoxy groups -OCH3 is 1. The standard InChI is InChI=1S/C20H20N4O3/c1-13-9-16(23-27-13)10-14-5-7-24(8-6-14)19-12-21-17-4-3-15(20(25)26-2)11-18(17)22-19/h3-4,9-12H,5-8H2,1-2H3. The van der Waals surface area contributed by atoms with E-state index < -0.39 is 0 Å². The van der Waals surface area contributed by atoms with E-state index in [0.717, 1.165) is 48.7 Å². The van der Waals surface area contributed by atoms with Crippen LogP contribution in [-0.2, 0) is 4.74 Å². The number of aromatic nitrogens is 3. The van der Waals surface area contributed by atoms with Crippen molar-refractivity contribution in [2.75, 3.05) is 25.1 Å². The Bertz CT molecular complexity index is 1010. The highest BCUT2D eigenvalue weighted by Gasteiger charge is 2.17. The van der Waals surface area contributed by atoms with Crippen LogP contribution < -0.4 is 4.90 Å². The number of hydrogen-bond donors (Lipinski definition) is 0. The van der Waals surface area contributed by atoms with Gasteiger partial charge < -0.3 is 14.2 Å². The Balaban J connectivity index is 1.51. The molecular formula is C20H20N4O3. The lowest BCUT2D eigenvalue weighted by molar-refractivity contribution is 0.0601. The summed E-state index contributed by atoms with van der Waals surface area (Å²) in [4.78, 5) is 23.1. The molecule has 0 atom stereocenters. The number of carbonyl (C=O) groups excluding carboxylic acids is 1. The molecule has 0 radical (unpaired) electrons. The summed E-state index contributed by atoms with van der Waals surface area (Å²) in [6.07, 6.45) is 5.76. The Morgan fingerprint density at radius 1 is 1.22 bits per heavy atom. The molecule has 7 nitrogen and oxygen atoms in total. The van der Waals surface area contributed by atoms with Crippen LogP contribution in [0.15, 0.2) is 40.6 Å². The first-order valence-electron chi connectivity index (χ1n) is 8.85. The average molecular weight is 364 g/mol. The van der Waals surface area contributed by atoms with E-state index in [1.165, 1.54) is 12.7 Å². The van der Waals surface area contributed by atoms with Gasteiger partial charge in [0.15, 0.2) is 0 Å². The van der Waals surface area contributed by atoms with Crippen LogP contribution in [0.25, 0.3) is 17.1 Å². The molecule has 0 spiro atoms. The summed E-state index contributed by atoms with van der Waals surface area (Å²) in [6, 6.07) is 7.15. The van der Waals surface area contributed by atoms with Crippen molar-refractivity contribution in [3.8, 4) is 0 Å². The second kappa shape index (κ2) is 7.19. The quantitative estimate of drug-likeness (QED) is 0.659. The van der Waals surface area contributed by atoms with Crippen molar-refractivity contribution in [3.05, 3.63) is 53.1 Å². The van der Waals surface area contributed by atoms with E-state index in [2.05, 4.69) is 21.1 Å². The molecule has 1 saturated heterocycles. The van der Waals surface area contributed by atoms with Crippen molar-refractivity contribution in [1.82, 2.24) is 15.1 Å². The highest BCUT2D eigenvalue weighted by Crippen LogP contribution is 2.24. The molecule has 0 aliphatic carbocycles. The van der Waals surface area contributed by atoms with Crippen LogP contribution in [0.5, 0.6) is 0 Å². The molecule has 0 unspecified atom stereocenters. The monoisotopic (exact) mass is 364 g/mol. The molecule has 4 rings (SSSR count). The summed E-state index contributed by atoms with van der Waals surface area (Å²) in [7, 11) is 1.37. The minimum atomic E-state index is -0.375.